The molecule has 15 heteroatoms. The first kappa shape index (κ1) is 36.7. The third kappa shape index (κ3) is 7.62. The molecule has 3 aliphatic rings. The minimum absolute atomic E-state index is 0.179. The molecule has 1 aliphatic heterocycles. The van der Waals surface area contributed by atoms with Crippen molar-refractivity contribution in [2.24, 2.45) is 5.92 Å². The van der Waals surface area contributed by atoms with E-state index in [4.69, 9.17) is 4.18 Å². The molecule has 1 atom stereocenters. The van der Waals surface area contributed by atoms with Crippen molar-refractivity contribution in [1.82, 2.24) is 20.2 Å². The molecule has 268 valence electrons. The fourth-order valence-corrected chi connectivity index (χ4v) is 8.65. The number of H-pyrrole nitrogens is 1. The molecule has 49 heavy (non-hydrogen) atoms. The second-order valence-electron chi connectivity index (χ2n) is 13.1. The van der Waals surface area contributed by atoms with Gasteiger partial charge in [-0.25, -0.2) is 9.78 Å². The highest BCUT2D eigenvalue weighted by atomic mass is 32.2. The number of carbonyl (C=O) groups excluding carboxylic acids is 2. The number of thiophene rings is 1. The zero-order chi connectivity index (χ0) is 35.6. The lowest BCUT2D eigenvalue weighted by molar-refractivity contribution is -0.131. The van der Waals surface area contributed by atoms with E-state index in [1.807, 2.05) is 12.1 Å². The molecule has 3 heterocycles. The minimum Gasteiger partial charge on any atom is -0.453 e. The van der Waals surface area contributed by atoms with Crippen LogP contribution in [0.1, 0.15) is 95.1 Å². The van der Waals surface area contributed by atoms with Gasteiger partial charge in [-0.2, -0.15) is 21.6 Å². The predicted molar refractivity (Wildman–Crippen MR) is 181 cm³/mol. The van der Waals surface area contributed by atoms with Crippen LogP contribution in [0.15, 0.2) is 30.5 Å². The van der Waals surface area contributed by atoms with E-state index < -0.39 is 21.7 Å². The summed E-state index contributed by atoms with van der Waals surface area (Å²) in [4.78, 5) is 35.6. The van der Waals surface area contributed by atoms with Gasteiger partial charge in [0, 0.05) is 17.0 Å². The van der Waals surface area contributed by atoms with E-state index in [-0.39, 0.29) is 29.7 Å². The van der Waals surface area contributed by atoms with Crippen LogP contribution in [0.2, 0.25) is 0 Å². The number of likely N-dealkylation sites (tertiary alicyclic amines) is 1. The van der Waals surface area contributed by atoms with Gasteiger partial charge in [-0.05, 0) is 98.1 Å². The Labute approximate surface area is 288 Å². The van der Waals surface area contributed by atoms with Gasteiger partial charge in [0.2, 0.25) is 5.91 Å². The molecule has 10 nitrogen and oxygen atoms in total. The van der Waals surface area contributed by atoms with Crippen molar-refractivity contribution < 1.29 is 40.1 Å². The Kier molecular flexibility index (Phi) is 11.0. The molecule has 1 unspecified atom stereocenters. The Morgan fingerprint density at radius 2 is 1.80 bits per heavy atom. The van der Waals surface area contributed by atoms with Gasteiger partial charge in [-0.15, -0.1) is 11.3 Å². The Bertz CT molecular complexity index is 1760. The first-order valence-electron chi connectivity index (χ1n) is 16.7. The maximum atomic E-state index is 13.3. The molecule has 3 aromatic rings. The number of aromatic nitrogens is 2. The molecule has 2 aromatic heterocycles. The van der Waals surface area contributed by atoms with Crippen molar-refractivity contribution in [3.05, 3.63) is 47.4 Å². The molecule has 1 saturated carbocycles. The summed E-state index contributed by atoms with van der Waals surface area (Å²) in [5.74, 6) is 0.692. The van der Waals surface area contributed by atoms with Crippen LogP contribution in [0.3, 0.4) is 0 Å². The lowest BCUT2D eigenvalue weighted by atomic mass is 9.66. The number of carbonyl (C=O) groups is 2. The predicted octanol–water partition coefficient (Wildman–Crippen LogP) is 7.86. The monoisotopic (exact) mass is 724 g/mol. The fourth-order valence-electron chi connectivity index (χ4n) is 7.17. The van der Waals surface area contributed by atoms with E-state index in [1.165, 1.54) is 30.9 Å². The van der Waals surface area contributed by atoms with Crippen molar-refractivity contribution in [3.8, 4) is 26.8 Å². The number of ether oxygens (including phenoxy) is 1. The number of methoxy groups -OCH3 is 1. The van der Waals surface area contributed by atoms with Crippen LogP contribution in [0.25, 0.3) is 21.0 Å². The van der Waals surface area contributed by atoms with Crippen LogP contribution in [0.4, 0.5) is 18.0 Å². The highest BCUT2D eigenvalue weighted by Gasteiger charge is 2.50. The summed E-state index contributed by atoms with van der Waals surface area (Å²) in [6.45, 7) is 6.81. The summed E-state index contributed by atoms with van der Waals surface area (Å²) >= 11 is 1.50. The number of benzene rings is 1. The molecule has 0 bridgehead atoms. The second kappa shape index (κ2) is 14.7. The van der Waals surface area contributed by atoms with Gasteiger partial charge in [0.15, 0.2) is 0 Å². The number of alkyl carbamates (subject to hydrolysis) is 1. The topological polar surface area (TPSA) is 131 Å². The van der Waals surface area contributed by atoms with E-state index in [1.54, 1.807) is 17.2 Å². The maximum absolute atomic E-state index is 13.3. The van der Waals surface area contributed by atoms with Crippen LogP contribution in [0.5, 0.6) is 5.75 Å². The minimum atomic E-state index is -5.81. The summed E-state index contributed by atoms with van der Waals surface area (Å²) in [6.07, 6.45) is 8.67. The van der Waals surface area contributed by atoms with E-state index in [9.17, 15) is 31.2 Å². The number of nitrogens with one attached hydrogen (secondary N) is 2. The Morgan fingerprint density at radius 3 is 2.47 bits per heavy atom. The maximum Gasteiger partial charge on any atom is 0.534 e. The zero-order valence-corrected chi connectivity index (χ0v) is 29.7. The quantitative estimate of drug-likeness (QED) is 0.187. The Hall–Kier alpha value is -3.59. The number of nitrogens with zero attached hydrogens (tertiary/aromatic N) is 2. The number of amides is 2. The second-order valence-corrected chi connectivity index (χ2v) is 15.7. The highest BCUT2D eigenvalue weighted by molar-refractivity contribution is 7.88. The van der Waals surface area contributed by atoms with E-state index in [0.717, 1.165) is 71.5 Å². The number of rotatable bonds is 7. The summed E-state index contributed by atoms with van der Waals surface area (Å²) in [5.41, 5.74) is -2.72. The smallest absolute Gasteiger partial charge is 0.453 e. The zero-order valence-electron chi connectivity index (χ0n) is 28.1. The van der Waals surface area contributed by atoms with Crippen LogP contribution in [0, 0.1) is 5.92 Å². The van der Waals surface area contributed by atoms with Gasteiger partial charge in [-0.3, -0.25) is 4.79 Å². The summed E-state index contributed by atoms with van der Waals surface area (Å²) in [5, 5.41) is 2.42. The molecule has 2 N–H and O–H groups in total. The number of imidazole rings is 1. The first-order valence-corrected chi connectivity index (χ1v) is 18.9. The number of hydrogen-bond acceptors (Lipinski definition) is 8. The summed E-state index contributed by atoms with van der Waals surface area (Å²) < 4.78 is 73.0. The number of alkyl halides is 3. The third-order valence-corrected chi connectivity index (χ3v) is 11.7. The van der Waals surface area contributed by atoms with Crippen LogP contribution < -0.4 is 9.50 Å². The van der Waals surface area contributed by atoms with Crippen molar-refractivity contribution in [2.75, 3.05) is 20.2 Å². The number of fused-ring (bicyclic) bond motifs is 2. The first-order chi connectivity index (χ1) is 23.2. The molecule has 2 fully saturated rings. The normalized spacial score (nSPS) is 22.0. The molecular weight excluding hydrogens is 682 g/mol. The molecule has 6 rings (SSSR count). The van der Waals surface area contributed by atoms with Gasteiger partial charge in [0.1, 0.15) is 18.1 Å². The van der Waals surface area contributed by atoms with Crippen molar-refractivity contribution >= 4 is 33.5 Å². The van der Waals surface area contributed by atoms with Crippen molar-refractivity contribution in [1.29, 1.82) is 0 Å². The number of aromatic amines is 1. The number of halogens is 3. The van der Waals surface area contributed by atoms with E-state index in [2.05, 4.69) is 40.8 Å². The Balaban J connectivity index is 0.00000151. The molecule has 0 radical (unpaired) electrons. The van der Waals surface area contributed by atoms with Crippen molar-refractivity contribution in [2.45, 2.75) is 95.5 Å². The van der Waals surface area contributed by atoms with E-state index >= 15 is 0 Å². The summed E-state index contributed by atoms with van der Waals surface area (Å²) in [6, 6.07) is 6.67. The molecular formula is C34H43F3N4O6S2. The van der Waals surface area contributed by atoms with Gasteiger partial charge in [0.25, 0.3) is 0 Å². The average Bonchev–Trinajstić information content (AvgIpc) is 3.87. The van der Waals surface area contributed by atoms with Crippen LogP contribution in [-0.2, 0) is 31.5 Å². The SMILES string of the molecule is CCC.COC(=O)NCC(=O)N1CCCC1c1ncc(-c2ccc(-c3ccc(OS(=O)(=O)C(F)(F)F)c4c3C3(CC4)CCC(C)CC3)s2)[nH]1. The molecule has 1 aromatic carbocycles. The molecule has 2 aliphatic carbocycles. The molecule has 1 spiro atoms. The standard InChI is InChI=1S/C31H35F3N4O6S2.C3H8/c1-18-9-12-30(13-10-18)14-11-19-23(44-46(41,42)31(32,33)34)6-5-20(27(19)30)24-7-8-25(45-24)21-16-35-28(37-21)22-4-3-15-38(22)26(39)17-36-29(40)43-2;1-3-2/h5-8,16,18,22H,3-4,9-15,17H2,1-2H3,(H,35,37)(H,36,40);3H2,1-2H3. The molecule has 2 amide bonds. The van der Waals surface area contributed by atoms with Gasteiger partial charge in [0.05, 0.1) is 29.9 Å². The highest BCUT2D eigenvalue weighted by Crippen LogP contribution is 2.56. The van der Waals surface area contributed by atoms with Crippen molar-refractivity contribution in [3.63, 3.8) is 0 Å². The lowest BCUT2D eigenvalue weighted by Gasteiger charge is -2.38. The number of hydrogen-bond donors (Lipinski definition) is 2. The summed E-state index contributed by atoms with van der Waals surface area (Å²) in [7, 11) is -4.58. The Morgan fingerprint density at radius 1 is 1.10 bits per heavy atom. The van der Waals surface area contributed by atoms with Crippen LogP contribution in [-0.4, -0.2) is 61.0 Å². The lowest BCUT2D eigenvalue weighted by Crippen LogP contribution is -2.40. The van der Waals surface area contributed by atoms with Gasteiger partial charge in [-0.1, -0.05) is 27.2 Å². The average molecular weight is 725 g/mol. The fraction of sp³-hybridized carbons (Fsp3) is 0.559. The largest absolute Gasteiger partial charge is 0.534 e. The van der Waals surface area contributed by atoms with Gasteiger partial charge < -0.3 is 24.1 Å². The van der Waals surface area contributed by atoms with E-state index in [0.29, 0.717) is 30.3 Å². The van der Waals surface area contributed by atoms with Crippen LogP contribution >= 0.6 is 11.3 Å². The third-order valence-electron chi connectivity index (χ3n) is 9.56. The molecule has 1 saturated heterocycles. The van der Waals surface area contributed by atoms with Gasteiger partial charge >= 0.3 is 21.7 Å².